The maximum atomic E-state index is 6.39. The summed E-state index contributed by atoms with van der Waals surface area (Å²) in [6.45, 7) is 0. The zero-order chi connectivity index (χ0) is 14.7. The van der Waals surface area contributed by atoms with Gasteiger partial charge in [-0.1, -0.05) is 71.7 Å². The first-order chi connectivity index (χ1) is 10.2. The lowest BCUT2D eigenvalue weighted by Crippen LogP contribution is -1.93. The van der Waals surface area contributed by atoms with Gasteiger partial charge in [0.25, 0.3) is 0 Å². The Morgan fingerprint density at radius 3 is 1.71 bits per heavy atom. The first kappa shape index (κ1) is 14.0. The van der Waals surface area contributed by atoms with Gasteiger partial charge in [-0.15, -0.1) is 0 Å². The van der Waals surface area contributed by atoms with E-state index in [0.29, 0.717) is 10.0 Å². The minimum Gasteiger partial charge on any atom is -0.353 e. The van der Waals surface area contributed by atoms with E-state index in [9.17, 15) is 0 Å². The SMILES string of the molecule is Clc1cc(-c2ccccc2)cc(Cl)c1Nc1ccccc1. The third-order valence-electron chi connectivity index (χ3n) is 3.19. The Morgan fingerprint density at radius 2 is 1.14 bits per heavy atom. The van der Waals surface area contributed by atoms with Crippen LogP contribution in [0.2, 0.25) is 10.0 Å². The summed E-state index contributed by atoms with van der Waals surface area (Å²) < 4.78 is 0. The van der Waals surface area contributed by atoms with Crippen molar-refractivity contribution in [1.29, 1.82) is 0 Å². The van der Waals surface area contributed by atoms with Gasteiger partial charge in [0, 0.05) is 5.69 Å². The van der Waals surface area contributed by atoms with Crippen LogP contribution in [0.3, 0.4) is 0 Å². The molecule has 0 aliphatic rings. The Morgan fingerprint density at radius 1 is 0.619 bits per heavy atom. The summed E-state index contributed by atoms with van der Waals surface area (Å²) in [5.74, 6) is 0. The Balaban J connectivity index is 1.97. The standard InChI is InChI=1S/C18H13Cl2N/c19-16-11-14(13-7-3-1-4-8-13)12-17(20)18(16)21-15-9-5-2-6-10-15/h1-12,21H. The van der Waals surface area contributed by atoms with Crippen molar-refractivity contribution in [2.45, 2.75) is 0 Å². The number of hydrogen-bond donors (Lipinski definition) is 1. The van der Waals surface area contributed by atoms with Crippen molar-refractivity contribution in [3.63, 3.8) is 0 Å². The molecule has 21 heavy (non-hydrogen) atoms. The third kappa shape index (κ3) is 3.21. The molecule has 104 valence electrons. The first-order valence-electron chi connectivity index (χ1n) is 6.60. The monoisotopic (exact) mass is 313 g/mol. The van der Waals surface area contributed by atoms with Crippen molar-refractivity contribution in [2.75, 3.05) is 5.32 Å². The molecular weight excluding hydrogens is 301 g/mol. The van der Waals surface area contributed by atoms with Crippen molar-refractivity contribution in [1.82, 2.24) is 0 Å². The van der Waals surface area contributed by atoms with E-state index in [-0.39, 0.29) is 0 Å². The van der Waals surface area contributed by atoms with Crippen LogP contribution in [0.15, 0.2) is 72.8 Å². The summed E-state index contributed by atoms with van der Waals surface area (Å²) in [4.78, 5) is 0. The molecule has 0 radical (unpaired) electrons. The number of benzene rings is 3. The maximum absolute atomic E-state index is 6.39. The summed E-state index contributed by atoms with van der Waals surface area (Å²) in [6, 6.07) is 23.7. The fraction of sp³-hybridized carbons (Fsp3) is 0. The van der Waals surface area contributed by atoms with Gasteiger partial charge in [0.05, 0.1) is 15.7 Å². The highest BCUT2D eigenvalue weighted by Gasteiger charge is 2.09. The molecule has 0 bridgehead atoms. The molecule has 0 amide bonds. The summed E-state index contributed by atoms with van der Waals surface area (Å²) in [5, 5.41) is 4.46. The lowest BCUT2D eigenvalue weighted by atomic mass is 10.1. The lowest BCUT2D eigenvalue weighted by molar-refractivity contribution is 1.54. The van der Waals surface area contributed by atoms with E-state index in [1.165, 1.54) is 0 Å². The van der Waals surface area contributed by atoms with Gasteiger partial charge >= 0.3 is 0 Å². The van der Waals surface area contributed by atoms with Gasteiger partial charge < -0.3 is 5.32 Å². The van der Waals surface area contributed by atoms with Gasteiger partial charge in [0.2, 0.25) is 0 Å². The quantitative estimate of drug-likeness (QED) is 0.589. The van der Waals surface area contributed by atoms with Crippen LogP contribution in [0.5, 0.6) is 0 Å². The largest absolute Gasteiger partial charge is 0.353 e. The molecule has 3 rings (SSSR count). The topological polar surface area (TPSA) is 12.0 Å². The van der Waals surface area contributed by atoms with Crippen molar-refractivity contribution in [2.24, 2.45) is 0 Å². The normalized spacial score (nSPS) is 10.4. The van der Waals surface area contributed by atoms with Gasteiger partial charge in [-0.05, 0) is 35.4 Å². The second-order valence-electron chi connectivity index (χ2n) is 4.67. The van der Waals surface area contributed by atoms with E-state index < -0.39 is 0 Å². The summed E-state index contributed by atoms with van der Waals surface area (Å²) in [5.41, 5.74) is 3.77. The number of nitrogens with one attached hydrogen (secondary N) is 1. The molecule has 1 nitrogen and oxygen atoms in total. The van der Waals surface area contributed by atoms with Crippen molar-refractivity contribution < 1.29 is 0 Å². The van der Waals surface area contributed by atoms with Gasteiger partial charge in [-0.25, -0.2) is 0 Å². The van der Waals surface area contributed by atoms with Crippen molar-refractivity contribution in [3.8, 4) is 11.1 Å². The molecule has 0 atom stereocenters. The molecule has 0 saturated heterocycles. The van der Waals surface area contributed by atoms with Gasteiger partial charge in [0.15, 0.2) is 0 Å². The number of para-hydroxylation sites is 1. The van der Waals surface area contributed by atoms with Crippen LogP contribution in [0.1, 0.15) is 0 Å². The number of halogens is 2. The average Bonchev–Trinajstić information content (AvgIpc) is 2.52. The summed E-state index contributed by atoms with van der Waals surface area (Å²) in [6.07, 6.45) is 0. The number of anilines is 2. The predicted octanol–water partition coefficient (Wildman–Crippen LogP) is 6.40. The molecule has 0 aromatic heterocycles. The van der Waals surface area contributed by atoms with Gasteiger partial charge in [-0.3, -0.25) is 0 Å². The zero-order valence-corrected chi connectivity index (χ0v) is 12.7. The first-order valence-corrected chi connectivity index (χ1v) is 7.36. The Labute approximate surface area is 134 Å². The molecule has 0 heterocycles. The molecular formula is C18H13Cl2N. The Bertz CT molecular complexity index is 717. The Kier molecular flexibility index (Phi) is 4.14. The third-order valence-corrected chi connectivity index (χ3v) is 3.79. The van der Waals surface area contributed by atoms with Crippen LogP contribution < -0.4 is 5.32 Å². The molecule has 0 aliphatic heterocycles. The Hall–Kier alpha value is -1.96. The highest BCUT2D eigenvalue weighted by atomic mass is 35.5. The van der Waals surface area contributed by atoms with Crippen LogP contribution in [0, 0.1) is 0 Å². The minimum atomic E-state index is 0.602. The molecule has 0 aliphatic carbocycles. The van der Waals surface area contributed by atoms with Crippen LogP contribution >= 0.6 is 23.2 Å². The number of hydrogen-bond acceptors (Lipinski definition) is 1. The maximum Gasteiger partial charge on any atom is 0.0763 e. The molecule has 3 aromatic rings. The summed E-state index contributed by atoms with van der Waals surface area (Å²) in [7, 11) is 0. The number of rotatable bonds is 3. The van der Waals surface area contributed by atoms with Crippen LogP contribution in [0.4, 0.5) is 11.4 Å². The molecule has 3 heteroatoms. The van der Waals surface area contributed by atoms with Crippen LogP contribution in [-0.2, 0) is 0 Å². The van der Waals surface area contributed by atoms with E-state index in [2.05, 4.69) is 5.32 Å². The van der Waals surface area contributed by atoms with E-state index in [4.69, 9.17) is 23.2 Å². The highest BCUT2D eigenvalue weighted by Crippen LogP contribution is 2.37. The summed E-state index contributed by atoms with van der Waals surface area (Å²) >= 11 is 12.8. The fourth-order valence-electron chi connectivity index (χ4n) is 2.16. The van der Waals surface area contributed by atoms with E-state index in [0.717, 1.165) is 22.5 Å². The van der Waals surface area contributed by atoms with Gasteiger partial charge in [-0.2, -0.15) is 0 Å². The molecule has 3 aromatic carbocycles. The zero-order valence-electron chi connectivity index (χ0n) is 11.2. The second kappa shape index (κ2) is 6.21. The molecule has 1 N–H and O–H groups in total. The van der Waals surface area contributed by atoms with Crippen LogP contribution in [0.25, 0.3) is 11.1 Å². The minimum absolute atomic E-state index is 0.602. The molecule has 0 unspecified atom stereocenters. The van der Waals surface area contributed by atoms with Crippen LogP contribution in [-0.4, -0.2) is 0 Å². The van der Waals surface area contributed by atoms with Crippen molar-refractivity contribution >= 4 is 34.6 Å². The second-order valence-corrected chi connectivity index (χ2v) is 5.49. The molecule has 0 spiro atoms. The fourth-order valence-corrected chi connectivity index (χ4v) is 2.74. The van der Waals surface area contributed by atoms with E-state index >= 15 is 0 Å². The average molecular weight is 314 g/mol. The van der Waals surface area contributed by atoms with Gasteiger partial charge in [0.1, 0.15) is 0 Å². The predicted molar refractivity (Wildman–Crippen MR) is 91.6 cm³/mol. The highest BCUT2D eigenvalue weighted by molar-refractivity contribution is 6.39. The van der Waals surface area contributed by atoms with Crippen molar-refractivity contribution in [3.05, 3.63) is 82.8 Å². The molecule has 0 fully saturated rings. The lowest BCUT2D eigenvalue weighted by Gasteiger charge is -2.12. The molecule has 0 saturated carbocycles. The van der Waals surface area contributed by atoms with E-state index in [1.807, 2.05) is 72.8 Å². The smallest absolute Gasteiger partial charge is 0.0763 e. The van der Waals surface area contributed by atoms with E-state index in [1.54, 1.807) is 0 Å².